The van der Waals surface area contributed by atoms with Gasteiger partial charge in [0, 0.05) is 54.9 Å². The third kappa shape index (κ3) is 7.32. The van der Waals surface area contributed by atoms with E-state index in [2.05, 4.69) is 22.5 Å². The Morgan fingerprint density at radius 2 is 1.77 bits per heavy atom. The molecule has 214 valence electrons. The number of urea groups is 1. The van der Waals surface area contributed by atoms with Crippen molar-refractivity contribution in [1.82, 2.24) is 15.2 Å². The Kier molecular flexibility index (Phi) is 9.67. The van der Waals surface area contributed by atoms with E-state index < -0.39 is 6.30 Å². The smallest absolute Gasteiger partial charge is 0.338 e. The van der Waals surface area contributed by atoms with E-state index in [1.165, 1.54) is 23.5 Å². The summed E-state index contributed by atoms with van der Waals surface area (Å²) in [5, 5.41) is 8.51. The van der Waals surface area contributed by atoms with E-state index in [1.54, 1.807) is 41.8 Å². The summed E-state index contributed by atoms with van der Waals surface area (Å²) >= 11 is 1.44. The summed E-state index contributed by atoms with van der Waals surface area (Å²) in [6, 6.07) is 13.1. The van der Waals surface area contributed by atoms with Gasteiger partial charge in [0.05, 0.1) is 5.01 Å². The first-order chi connectivity index (χ1) is 19.2. The second-order valence-electron chi connectivity index (χ2n) is 9.84. The molecule has 1 aromatic heterocycles. The van der Waals surface area contributed by atoms with E-state index in [9.17, 15) is 22.8 Å². The molecule has 4 rings (SSSR count). The summed E-state index contributed by atoms with van der Waals surface area (Å²) in [6.45, 7) is 4.12. The SMILES string of the molecule is CCCCCNC(=O)N1CCC(c2nc(C(=O)Nc3ccccc3-c3ccc(N(C)C(F)(F)F)cc3)cs2)CC1. The van der Waals surface area contributed by atoms with Crippen LogP contribution in [0.2, 0.25) is 0 Å². The molecule has 0 saturated carbocycles. The van der Waals surface area contributed by atoms with Crippen molar-refractivity contribution in [2.45, 2.75) is 51.2 Å². The Morgan fingerprint density at radius 1 is 1.07 bits per heavy atom. The molecular formula is C29H34F3N5O2S. The molecule has 3 amide bonds. The third-order valence-corrected chi connectivity index (χ3v) is 8.07. The molecule has 11 heteroatoms. The number of aromatic nitrogens is 1. The van der Waals surface area contributed by atoms with Gasteiger partial charge in [-0.3, -0.25) is 9.69 Å². The first-order valence-corrected chi connectivity index (χ1v) is 14.3. The van der Waals surface area contributed by atoms with Crippen molar-refractivity contribution >= 4 is 34.6 Å². The number of nitrogens with one attached hydrogen (secondary N) is 2. The number of para-hydroxylation sites is 1. The van der Waals surface area contributed by atoms with Gasteiger partial charge >= 0.3 is 12.3 Å². The Balaban J connectivity index is 1.36. The maximum atomic E-state index is 13.1. The van der Waals surface area contributed by atoms with Crippen LogP contribution in [0.4, 0.5) is 29.3 Å². The molecule has 0 radical (unpaired) electrons. The van der Waals surface area contributed by atoms with Gasteiger partial charge < -0.3 is 15.5 Å². The molecule has 2 N–H and O–H groups in total. The minimum atomic E-state index is -4.47. The molecule has 3 aromatic rings. The van der Waals surface area contributed by atoms with Gasteiger partial charge in [-0.1, -0.05) is 50.1 Å². The van der Waals surface area contributed by atoms with Crippen LogP contribution in [0.3, 0.4) is 0 Å². The molecule has 7 nitrogen and oxygen atoms in total. The quantitative estimate of drug-likeness (QED) is 0.212. The Morgan fingerprint density at radius 3 is 2.45 bits per heavy atom. The van der Waals surface area contributed by atoms with Crippen molar-refractivity contribution in [3.05, 3.63) is 64.6 Å². The summed E-state index contributed by atoms with van der Waals surface area (Å²) < 4.78 is 39.0. The highest BCUT2D eigenvalue weighted by atomic mass is 32.1. The lowest BCUT2D eigenvalue weighted by molar-refractivity contribution is -0.125. The van der Waals surface area contributed by atoms with Gasteiger partial charge in [0.1, 0.15) is 5.69 Å². The van der Waals surface area contributed by atoms with Crippen molar-refractivity contribution in [3.8, 4) is 11.1 Å². The van der Waals surface area contributed by atoms with Gasteiger partial charge in [0.25, 0.3) is 5.91 Å². The van der Waals surface area contributed by atoms with Crippen molar-refractivity contribution in [3.63, 3.8) is 0 Å². The number of amides is 3. The normalized spacial score (nSPS) is 14.2. The highest BCUT2D eigenvalue weighted by Gasteiger charge is 2.34. The number of benzene rings is 2. The predicted molar refractivity (Wildman–Crippen MR) is 153 cm³/mol. The Labute approximate surface area is 236 Å². The van der Waals surface area contributed by atoms with Gasteiger partial charge in [-0.05, 0) is 43.0 Å². The highest BCUT2D eigenvalue weighted by molar-refractivity contribution is 7.10. The first-order valence-electron chi connectivity index (χ1n) is 13.5. The molecule has 0 atom stereocenters. The van der Waals surface area contributed by atoms with E-state index in [1.807, 2.05) is 4.90 Å². The third-order valence-electron chi connectivity index (χ3n) is 7.06. The van der Waals surface area contributed by atoms with Crippen LogP contribution in [0.15, 0.2) is 53.9 Å². The van der Waals surface area contributed by atoms with Gasteiger partial charge in [0.15, 0.2) is 0 Å². The second-order valence-corrected chi connectivity index (χ2v) is 10.7. The molecule has 0 bridgehead atoms. The fraction of sp³-hybridized carbons (Fsp3) is 0.414. The number of halogens is 3. The Bertz CT molecular complexity index is 1290. The summed E-state index contributed by atoms with van der Waals surface area (Å²) in [5.74, 6) is -0.163. The van der Waals surface area contributed by atoms with E-state index >= 15 is 0 Å². The average molecular weight is 574 g/mol. The standard InChI is InChI=1S/C29H34F3N5O2S/c1-3-4-7-16-33-28(39)37-17-14-21(15-18-37)27-35-25(19-40-27)26(38)34-24-9-6-5-8-23(24)20-10-12-22(13-11-20)36(2)29(30,31)32/h5-6,8-13,19,21H,3-4,7,14-18H2,1-2H3,(H,33,39)(H,34,38). The van der Waals surface area contributed by atoms with Crippen LogP contribution in [-0.4, -0.2) is 54.8 Å². The van der Waals surface area contributed by atoms with Crippen LogP contribution in [0.5, 0.6) is 0 Å². The number of rotatable bonds is 9. The zero-order valence-corrected chi connectivity index (χ0v) is 23.4. The van der Waals surface area contributed by atoms with Crippen LogP contribution in [0.25, 0.3) is 11.1 Å². The summed E-state index contributed by atoms with van der Waals surface area (Å²) in [6.07, 6.45) is 0.308. The van der Waals surface area contributed by atoms with E-state index in [0.717, 1.165) is 44.2 Å². The number of carbonyl (C=O) groups excluding carboxylic acids is 2. The second kappa shape index (κ2) is 13.2. The molecule has 1 aliphatic heterocycles. The lowest BCUT2D eigenvalue weighted by Gasteiger charge is -2.31. The van der Waals surface area contributed by atoms with Crippen molar-refractivity contribution in [1.29, 1.82) is 0 Å². The van der Waals surface area contributed by atoms with E-state index in [0.29, 0.717) is 42.1 Å². The van der Waals surface area contributed by atoms with Gasteiger partial charge in [0.2, 0.25) is 0 Å². The molecule has 1 fully saturated rings. The number of thiazole rings is 1. The molecule has 0 unspecified atom stereocenters. The number of piperidine rings is 1. The molecule has 0 aliphatic carbocycles. The fourth-order valence-corrected chi connectivity index (χ4v) is 5.60. The monoisotopic (exact) mass is 573 g/mol. The predicted octanol–water partition coefficient (Wildman–Crippen LogP) is 7.10. The van der Waals surface area contributed by atoms with Crippen LogP contribution in [0.1, 0.15) is 60.4 Å². The lowest BCUT2D eigenvalue weighted by Crippen LogP contribution is -2.44. The van der Waals surface area contributed by atoms with E-state index in [4.69, 9.17) is 0 Å². The van der Waals surface area contributed by atoms with Crippen LogP contribution >= 0.6 is 11.3 Å². The van der Waals surface area contributed by atoms with Crippen molar-refractivity contribution in [2.24, 2.45) is 0 Å². The summed E-state index contributed by atoms with van der Waals surface area (Å²) in [5.41, 5.74) is 2.24. The fourth-order valence-electron chi connectivity index (χ4n) is 4.63. The molecule has 0 spiro atoms. The number of unbranched alkanes of at least 4 members (excludes halogenated alkanes) is 2. The Hall–Kier alpha value is -3.60. The van der Waals surface area contributed by atoms with Crippen molar-refractivity contribution < 1.29 is 22.8 Å². The number of carbonyl (C=O) groups is 2. The largest absolute Gasteiger partial charge is 0.484 e. The highest BCUT2D eigenvalue weighted by Crippen LogP contribution is 2.33. The number of hydrogen-bond donors (Lipinski definition) is 2. The summed E-state index contributed by atoms with van der Waals surface area (Å²) in [7, 11) is 0.973. The zero-order valence-electron chi connectivity index (χ0n) is 22.6. The number of alkyl halides is 3. The van der Waals surface area contributed by atoms with Gasteiger partial charge in [-0.2, -0.15) is 13.2 Å². The number of hydrogen-bond acceptors (Lipinski definition) is 5. The van der Waals surface area contributed by atoms with Crippen LogP contribution in [0, 0.1) is 0 Å². The van der Waals surface area contributed by atoms with Gasteiger partial charge in [-0.15, -0.1) is 11.3 Å². The molecule has 2 heterocycles. The van der Waals surface area contributed by atoms with Gasteiger partial charge in [-0.25, -0.2) is 9.78 Å². The van der Waals surface area contributed by atoms with Crippen LogP contribution < -0.4 is 15.5 Å². The lowest BCUT2D eigenvalue weighted by atomic mass is 9.98. The van der Waals surface area contributed by atoms with E-state index in [-0.39, 0.29) is 28.4 Å². The number of likely N-dealkylation sites (tertiary alicyclic amines) is 1. The number of nitrogens with zero attached hydrogens (tertiary/aromatic N) is 3. The minimum Gasteiger partial charge on any atom is -0.338 e. The minimum absolute atomic E-state index is 0.0190. The molecule has 40 heavy (non-hydrogen) atoms. The zero-order chi connectivity index (χ0) is 28.7. The maximum Gasteiger partial charge on any atom is 0.484 e. The first kappa shape index (κ1) is 29.4. The van der Waals surface area contributed by atoms with Crippen molar-refractivity contribution in [2.75, 3.05) is 36.9 Å². The molecular weight excluding hydrogens is 539 g/mol. The van der Waals surface area contributed by atoms with Crippen LogP contribution in [-0.2, 0) is 0 Å². The average Bonchev–Trinajstić information content (AvgIpc) is 3.46. The topological polar surface area (TPSA) is 77.6 Å². The molecule has 1 saturated heterocycles. The number of anilines is 2. The molecule has 1 aliphatic rings. The summed E-state index contributed by atoms with van der Waals surface area (Å²) in [4.78, 5) is 32.2. The maximum absolute atomic E-state index is 13.1. The molecule has 2 aromatic carbocycles.